The molecule has 0 radical (unpaired) electrons. The van der Waals surface area contributed by atoms with E-state index in [1.807, 2.05) is 43.3 Å². The van der Waals surface area contributed by atoms with E-state index in [9.17, 15) is 4.79 Å². The van der Waals surface area contributed by atoms with Crippen LogP contribution in [0.5, 0.6) is 0 Å². The number of aryl methyl sites for hydroxylation is 1. The molecule has 29 heavy (non-hydrogen) atoms. The van der Waals surface area contributed by atoms with Gasteiger partial charge in [-0.25, -0.2) is 4.98 Å². The lowest BCUT2D eigenvalue weighted by atomic mass is 10.2. The normalized spacial score (nSPS) is 10.7. The third kappa shape index (κ3) is 5.78. The largest absolute Gasteiger partial charge is 0.350 e. The second kappa shape index (κ2) is 9.19. The number of carbonyl (C=O) groups is 1. The molecule has 2 N–H and O–H groups in total. The SMILES string of the molecule is CC(=O)Nc1ccc(Nc2nc(C)cc(N(Cc3ccccc3)C(C)C)n2)cc1. The zero-order valence-corrected chi connectivity index (χ0v) is 17.3. The van der Waals surface area contributed by atoms with Gasteiger partial charge in [0, 0.05) is 42.6 Å². The van der Waals surface area contributed by atoms with Crippen LogP contribution in [-0.2, 0) is 11.3 Å². The monoisotopic (exact) mass is 389 g/mol. The smallest absolute Gasteiger partial charge is 0.229 e. The first-order valence-corrected chi connectivity index (χ1v) is 9.71. The van der Waals surface area contributed by atoms with E-state index in [0.29, 0.717) is 5.95 Å². The van der Waals surface area contributed by atoms with Crippen molar-refractivity contribution in [2.75, 3.05) is 15.5 Å². The highest BCUT2D eigenvalue weighted by Crippen LogP contribution is 2.23. The first kappa shape index (κ1) is 20.3. The van der Waals surface area contributed by atoms with E-state index in [1.54, 1.807) is 0 Å². The van der Waals surface area contributed by atoms with E-state index in [-0.39, 0.29) is 11.9 Å². The number of amides is 1. The first-order chi connectivity index (χ1) is 13.9. The molecule has 0 aliphatic heterocycles. The number of aromatic nitrogens is 2. The Labute approximate surface area is 172 Å². The Bertz CT molecular complexity index is 955. The molecule has 3 aromatic rings. The van der Waals surface area contributed by atoms with Gasteiger partial charge in [-0.15, -0.1) is 0 Å². The molecule has 0 atom stereocenters. The molecule has 1 amide bonds. The van der Waals surface area contributed by atoms with Gasteiger partial charge in [-0.3, -0.25) is 4.79 Å². The number of benzene rings is 2. The highest BCUT2D eigenvalue weighted by atomic mass is 16.1. The van der Waals surface area contributed by atoms with Crippen LogP contribution < -0.4 is 15.5 Å². The third-order valence-electron chi connectivity index (χ3n) is 4.42. The van der Waals surface area contributed by atoms with Crippen LogP contribution in [0.25, 0.3) is 0 Å². The zero-order valence-electron chi connectivity index (χ0n) is 17.3. The molecule has 6 nitrogen and oxygen atoms in total. The summed E-state index contributed by atoms with van der Waals surface area (Å²) in [5.41, 5.74) is 3.74. The number of rotatable bonds is 7. The quantitative estimate of drug-likeness (QED) is 0.601. The predicted octanol–water partition coefficient (Wildman–Crippen LogP) is 4.90. The van der Waals surface area contributed by atoms with Crippen LogP contribution in [0.3, 0.4) is 0 Å². The number of carbonyl (C=O) groups excluding carboxylic acids is 1. The lowest BCUT2D eigenvalue weighted by Gasteiger charge is -2.28. The Kier molecular flexibility index (Phi) is 6.44. The van der Waals surface area contributed by atoms with Gasteiger partial charge in [0.25, 0.3) is 0 Å². The van der Waals surface area contributed by atoms with Crippen LogP contribution >= 0.6 is 0 Å². The maximum absolute atomic E-state index is 11.2. The molecule has 0 saturated heterocycles. The van der Waals surface area contributed by atoms with Gasteiger partial charge in [-0.05, 0) is 50.6 Å². The third-order valence-corrected chi connectivity index (χ3v) is 4.42. The van der Waals surface area contributed by atoms with Gasteiger partial charge in [0.15, 0.2) is 0 Å². The van der Waals surface area contributed by atoms with Crippen molar-refractivity contribution in [3.63, 3.8) is 0 Å². The van der Waals surface area contributed by atoms with Crippen LogP contribution in [0.4, 0.5) is 23.1 Å². The summed E-state index contributed by atoms with van der Waals surface area (Å²) in [5, 5.41) is 6.02. The summed E-state index contributed by atoms with van der Waals surface area (Å²) in [7, 11) is 0. The fourth-order valence-electron chi connectivity index (χ4n) is 3.03. The highest BCUT2D eigenvalue weighted by Gasteiger charge is 2.15. The fraction of sp³-hybridized carbons (Fsp3) is 0.261. The minimum Gasteiger partial charge on any atom is -0.350 e. The number of hydrogen-bond acceptors (Lipinski definition) is 5. The molecule has 0 spiro atoms. The van der Waals surface area contributed by atoms with Crippen LogP contribution in [0.1, 0.15) is 32.0 Å². The molecule has 1 aromatic heterocycles. The van der Waals surface area contributed by atoms with E-state index < -0.39 is 0 Å². The van der Waals surface area contributed by atoms with E-state index in [0.717, 1.165) is 29.4 Å². The molecule has 2 aromatic carbocycles. The zero-order chi connectivity index (χ0) is 20.8. The maximum Gasteiger partial charge on any atom is 0.229 e. The first-order valence-electron chi connectivity index (χ1n) is 9.71. The summed E-state index contributed by atoms with van der Waals surface area (Å²) < 4.78 is 0. The molecule has 0 aliphatic rings. The summed E-state index contributed by atoms with van der Waals surface area (Å²) in [4.78, 5) is 22.7. The Balaban J connectivity index is 1.81. The number of nitrogens with one attached hydrogen (secondary N) is 2. The second-order valence-corrected chi connectivity index (χ2v) is 7.28. The molecule has 0 bridgehead atoms. The van der Waals surface area contributed by atoms with Crippen molar-refractivity contribution in [3.05, 3.63) is 71.9 Å². The molecular weight excluding hydrogens is 362 g/mol. The van der Waals surface area contributed by atoms with Gasteiger partial charge in [-0.2, -0.15) is 4.98 Å². The number of anilines is 4. The van der Waals surface area contributed by atoms with E-state index >= 15 is 0 Å². The lowest BCUT2D eigenvalue weighted by Crippen LogP contribution is -2.31. The van der Waals surface area contributed by atoms with Gasteiger partial charge in [0.2, 0.25) is 11.9 Å². The van der Waals surface area contributed by atoms with Gasteiger partial charge in [0.05, 0.1) is 0 Å². The van der Waals surface area contributed by atoms with Crippen LogP contribution in [-0.4, -0.2) is 21.9 Å². The van der Waals surface area contributed by atoms with E-state index in [1.165, 1.54) is 12.5 Å². The van der Waals surface area contributed by atoms with Crippen molar-refractivity contribution in [1.29, 1.82) is 0 Å². The summed E-state index contributed by atoms with van der Waals surface area (Å²) >= 11 is 0. The van der Waals surface area contributed by atoms with Crippen molar-refractivity contribution in [1.82, 2.24) is 9.97 Å². The summed E-state index contributed by atoms with van der Waals surface area (Å²) in [5.74, 6) is 1.34. The van der Waals surface area contributed by atoms with Crippen molar-refractivity contribution < 1.29 is 4.79 Å². The Hall–Kier alpha value is -3.41. The average Bonchev–Trinajstić information content (AvgIpc) is 2.67. The van der Waals surface area contributed by atoms with Crippen LogP contribution in [0.15, 0.2) is 60.7 Å². The predicted molar refractivity (Wildman–Crippen MR) is 119 cm³/mol. The van der Waals surface area contributed by atoms with Crippen molar-refractivity contribution in [2.24, 2.45) is 0 Å². The molecule has 0 aliphatic carbocycles. The lowest BCUT2D eigenvalue weighted by molar-refractivity contribution is -0.114. The average molecular weight is 390 g/mol. The van der Waals surface area contributed by atoms with Gasteiger partial charge in [-0.1, -0.05) is 30.3 Å². The van der Waals surface area contributed by atoms with Gasteiger partial charge in [0.1, 0.15) is 5.82 Å². The molecule has 6 heteroatoms. The van der Waals surface area contributed by atoms with E-state index in [4.69, 9.17) is 4.98 Å². The maximum atomic E-state index is 11.2. The number of hydrogen-bond donors (Lipinski definition) is 2. The second-order valence-electron chi connectivity index (χ2n) is 7.28. The minimum absolute atomic E-state index is 0.0930. The van der Waals surface area contributed by atoms with Crippen molar-refractivity contribution >= 4 is 29.0 Å². The molecular formula is C23H27N5O. The molecule has 3 rings (SSSR count). The van der Waals surface area contributed by atoms with Gasteiger partial charge >= 0.3 is 0 Å². The van der Waals surface area contributed by atoms with Crippen molar-refractivity contribution in [2.45, 2.75) is 40.3 Å². The Morgan fingerprint density at radius 1 is 1.00 bits per heavy atom. The van der Waals surface area contributed by atoms with Crippen molar-refractivity contribution in [3.8, 4) is 0 Å². The Morgan fingerprint density at radius 3 is 2.28 bits per heavy atom. The Morgan fingerprint density at radius 2 is 1.66 bits per heavy atom. The van der Waals surface area contributed by atoms with E-state index in [2.05, 4.69) is 58.6 Å². The molecule has 1 heterocycles. The summed E-state index contributed by atoms with van der Waals surface area (Å²) in [6.45, 7) is 8.56. The fourth-order valence-corrected chi connectivity index (χ4v) is 3.03. The van der Waals surface area contributed by atoms with Gasteiger partial charge < -0.3 is 15.5 Å². The standard InChI is InChI=1S/C23H27N5O/c1-16(2)28(15-19-8-6-5-7-9-19)22-14-17(3)24-23(27-22)26-21-12-10-20(11-13-21)25-18(4)29/h5-14,16H,15H2,1-4H3,(H,25,29)(H,24,26,27). The molecule has 0 fully saturated rings. The minimum atomic E-state index is -0.0930. The van der Waals surface area contributed by atoms with Crippen LogP contribution in [0.2, 0.25) is 0 Å². The molecule has 150 valence electrons. The summed E-state index contributed by atoms with van der Waals surface area (Å²) in [6.07, 6.45) is 0. The highest BCUT2D eigenvalue weighted by molar-refractivity contribution is 5.88. The number of nitrogens with zero attached hydrogens (tertiary/aromatic N) is 3. The molecule has 0 saturated carbocycles. The topological polar surface area (TPSA) is 70.2 Å². The van der Waals surface area contributed by atoms with Crippen LogP contribution in [0, 0.1) is 6.92 Å². The summed E-state index contributed by atoms with van der Waals surface area (Å²) in [6, 6.07) is 20.1. The molecule has 0 unspecified atom stereocenters.